The van der Waals surface area contributed by atoms with Crippen molar-refractivity contribution in [2.45, 2.75) is 12.2 Å². The standard InChI is InChI=1S/C6H10F2O4S2/c1-3-13-5(9)12-4-6(7,8)14(2,10)11/h3-4H2,1-2H3. The Morgan fingerprint density at radius 3 is 2.36 bits per heavy atom. The Kier molecular flexibility index (Phi) is 4.79. The smallest absolute Gasteiger partial charge is 0.378 e. The number of alkyl halides is 2. The molecule has 84 valence electrons. The van der Waals surface area contributed by atoms with Gasteiger partial charge in [-0.2, -0.15) is 8.78 Å². The Balaban J connectivity index is 4.20. The predicted octanol–water partition coefficient (Wildman–Crippen LogP) is 1.51. The van der Waals surface area contributed by atoms with E-state index in [2.05, 4.69) is 4.74 Å². The zero-order valence-corrected chi connectivity index (χ0v) is 9.25. The minimum Gasteiger partial charge on any atom is -0.450 e. The maximum Gasteiger partial charge on any atom is 0.378 e. The summed E-state index contributed by atoms with van der Waals surface area (Å²) in [5.74, 6) is 0.378. The van der Waals surface area contributed by atoms with Crippen LogP contribution in [0.4, 0.5) is 13.6 Å². The third-order valence-electron chi connectivity index (χ3n) is 1.16. The van der Waals surface area contributed by atoms with E-state index < -0.39 is 27.0 Å². The van der Waals surface area contributed by atoms with Gasteiger partial charge in [-0.15, -0.1) is 0 Å². The Morgan fingerprint density at radius 1 is 1.50 bits per heavy atom. The number of thioether (sulfide) groups is 1. The van der Waals surface area contributed by atoms with Gasteiger partial charge in [-0.25, -0.2) is 13.2 Å². The lowest BCUT2D eigenvalue weighted by Gasteiger charge is -2.13. The molecule has 0 aromatic rings. The molecule has 0 amide bonds. The van der Waals surface area contributed by atoms with E-state index in [0.717, 1.165) is 0 Å². The summed E-state index contributed by atoms with van der Waals surface area (Å²) >= 11 is 0.693. The molecule has 0 aliphatic heterocycles. The van der Waals surface area contributed by atoms with Crippen LogP contribution >= 0.6 is 11.8 Å². The number of rotatable bonds is 4. The van der Waals surface area contributed by atoms with Crippen LogP contribution in [-0.4, -0.2) is 37.6 Å². The van der Waals surface area contributed by atoms with E-state index in [9.17, 15) is 22.0 Å². The molecule has 4 nitrogen and oxygen atoms in total. The molecule has 0 atom stereocenters. The zero-order chi connectivity index (χ0) is 11.4. The van der Waals surface area contributed by atoms with Gasteiger partial charge in [0.25, 0.3) is 0 Å². The fraction of sp³-hybridized carbons (Fsp3) is 0.833. The fourth-order valence-corrected chi connectivity index (χ4v) is 1.06. The van der Waals surface area contributed by atoms with Crippen LogP contribution < -0.4 is 0 Å². The fourth-order valence-electron chi connectivity index (χ4n) is 0.409. The highest BCUT2D eigenvalue weighted by molar-refractivity contribution is 8.13. The molecule has 0 aromatic heterocycles. The summed E-state index contributed by atoms with van der Waals surface area (Å²) in [4.78, 5) is 10.6. The molecule has 0 rings (SSSR count). The first kappa shape index (κ1) is 13.6. The monoisotopic (exact) mass is 248 g/mol. The molecular weight excluding hydrogens is 238 g/mol. The van der Waals surface area contributed by atoms with E-state index in [4.69, 9.17) is 0 Å². The van der Waals surface area contributed by atoms with Crippen LogP contribution in [0.1, 0.15) is 6.92 Å². The highest BCUT2D eigenvalue weighted by Crippen LogP contribution is 2.21. The minimum atomic E-state index is -4.53. The lowest BCUT2D eigenvalue weighted by atomic mass is 10.8. The van der Waals surface area contributed by atoms with E-state index in [1.807, 2.05) is 0 Å². The van der Waals surface area contributed by atoms with Crippen molar-refractivity contribution in [1.29, 1.82) is 0 Å². The van der Waals surface area contributed by atoms with E-state index in [0.29, 0.717) is 23.8 Å². The van der Waals surface area contributed by atoms with Crippen molar-refractivity contribution in [2.24, 2.45) is 0 Å². The first-order valence-corrected chi connectivity index (χ1v) is 6.45. The molecule has 0 aliphatic rings. The maximum atomic E-state index is 12.7. The van der Waals surface area contributed by atoms with Crippen LogP contribution in [0.3, 0.4) is 0 Å². The van der Waals surface area contributed by atoms with Gasteiger partial charge in [-0.3, -0.25) is 0 Å². The second-order valence-corrected chi connectivity index (χ2v) is 5.72. The molecule has 0 unspecified atom stereocenters. The summed E-state index contributed by atoms with van der Waals surface area (Å²) in [6.45, 7) is 0.207. The third kappa shape index (κ3) is 4.23. The topological polar surface area (TPSA) is 60.4 Å². The Bertz CT molecular complexity index is 299. The van der Waals surface area contributed by atoms with Crippen molar-refractivity contribution in [3.63, 3.8) is 0 Å². The lowest BCUT2D eigenvalue weighted by molar-refractivity contribution is 0.0221. The number of carbonyl (C=O) groups is 1. The highest BCUT2D eigenvalue weighted by atomic mass is 32.2. The van der Waals surface area contributed by atoms with Gasteiger partial charge in [0.05, 0.1) is 0 Å². The molecule has 8 heteroatoms. The first-order valence-electron chi connectivity index (χ1n) is 3.57. The van der Waals surface area contributed by atoms with Crippen LogP contribution in [0.2, 0.25) is 0 Å². The molecule has 0 saturated carbocycles. The molecule has 0 aliphatic carbocycles. The van der Waals surface area contributed by atoms with Crippen LogP contribution in [0.25, 0.3) is 0 Å². The zero-order valence-electron chi connectivity index (χ0n) is 7.62. The van der Waals surface area contributed by atoms with E-state index in [1.54, 1.807) is 6.92 Å². The summed E-state index contributed by atoms with van der Waals surface area (Å²) in [7, 11) is -4.53. The van der Waals surface area contributed by atoms with Gasteiger partial charge >= 0.3 is 10.6 Å². The summed E-state index contributed by atoms with van der Waals surface area (Å²) in [5.41, 5.74) is 0. The van der Waals surface area contributed by atoms with Crippen molar-refractivity contribution >= 4 is 26.9 Å². The minimum absolute atomic E-state index is 0.378. The highest BCUT2D eigenvalue weighted by Gasteiger charge is 2.42. The Hall–Kier alpha value is -0.370. The second kappa shape index (κ2) is 4.92. The first-order chi connectivity index (χ1) is 6.20. The summed E-state index contributed by atoms with van der Waals surface area (Å²) in [6.07, 6.45) is 0.383. The molecule has 0 heterocycles. The number of carbonyl (C=O) groups excluding carboxylic acids is 1. The summed E-state index contributed by atoms with van der Waals surface area (Å²) in [5, 5.41) is -4.92. The molecule has 0 aromatic carbocycles. The molecule has 0 bridgehead atoms. The number of hydrogen-bond acceptors (Lipinski definition) is 5. The van der Waals surface area contributed by atoms with Gasteiger partial charge in [-0.05, 0) is 11.8 Å². The predicted molar refractivity (Wildman–Crippen MR) is 49.3 cm³/mol. The Morgan fingerprint density at radius 2 is 2.00 bits per heavy atom. The lowest BCUT2D eigenvalue weighted by Crippen LogP contribution is -2.33. The SMILES string of the molecule is CCSC(=O)OCC(F)(F)S(C)(=O)=O. The Labute approximate surface area is 84.9 Å². The van der Waals surface area contributed by atoms with Gasteiger partial charge in [0.1, 0.15) is 0 Å². The van der Waals surface area contributed by atoms with Gasteiger partial charge in [0.15, 0.2) is 6.61 Å². The van der Waals surface area contributed by atoms with Crippen molar-refractivity contribution < 1.29 is 26.7 Å². The van der Waals surface area contributed by atoms with Gasteiger partial charge in [0.2, 0.25) is 9.84 Å². The molecular formula is C6H10F2O4S2. The molecule has 0 saturated heterocycles. The number of ether oxygens (including phenoxy) is 1. The number of halogens is 2. The largest absolute Gasteiger partial charge is 0.450 e. The van der Waals surface area contributed by atoms with Crippen LogP contribution in [0, 0.1) is 0 Å². The molecule has 0 N–H and O–H groups in total. The van der Waals surface area contributed by atoms with Crippen molar-refractivity contribution in [1.82, 2.24) is 0 Å². The molecule has 0 fully saturated rings. The van der Waals surface area contributed by atoms with Crippen LogP contribution in [0.15, 0.2) is 0 Å². The maximum absolute atomic E-state index is 12.7. The van der Waals surface area contributed by atoms with Crippen molar-refractivity contribution in [3.05, 3.63) is 0 Å². The van der Waals surface area contributed by atoms with Crippen molar-refractivity contribution in [2.75, 3.05) is 18.6 Å². The second-order valence-electron chi connectivity index (χ2n) is 2.38. The number of sulfone groups is 1. The summed E-state index contributed by atoms with van der Waals surface area (Å²) in [6, 6.07) is 0. The van der Waals surface area contributed by atoms with Gasteiger partial charge in [-0.1, -0.05) is 6.92 Å². The average molecular weight is 248 g/mol. The molecule has 0 radical (unpaired) electrons. The van der Waals surface area contributed by atoms with E-state index in [-0.39, 0.29) is 0 Å². The van der Waals surface area contributed by atoms with Gasteiger partial charge in [0, 0.05) is 12.0 Å². The third-order valence-corrected chi connectivity index (χ3v) is 3.01. The normalized spacial score (nSPS) is 12.6. The van der Waals surface area contributed by atoms with Crippen molar-refractivity contribution in [3.8, 4) is 0 Å². The average Bonchev–Trinajstić information content (AvgIpc) is 1.99. The van der Waals surface area contributed by atoms with E-state index >= 15 is 0 Å². The van der Waals surface area contributed by atoms with E-state index in [1.165, 1.54) is 0 Å². The van der Waals surface area contributed by atoms with Crippen LogP contribution in [-0.2, 0) is 14.6 Å². The molecule has 0 spiro atoms. The molecule has 14 heavy (non-hydrogen) atoms. The quantitative estimate of drug-likeness (QED) is 0.706. The van der Waals surface area contributed by atoms with Gasteiger partial charge < -0.3 is 4.74 Å². The number of hydrogen-bond donors (Lipinski definition) is 0. The summed E-state index contributed by atoms with van der Waals surface area (Å²) < 4.78 is 50.3. The van der Waals surface area contributed by atoms with Crippen LogP contribution in [0.5, 0.6) is 0 Å².